The number of rotatable bonds is 2. The molecule has 2 aliphatic rings. The highest BCUT2D eigenvalue weighted by molar-refractivity contribution is 8.93. The Balaban J connectivity index is 0.000000980. The second-order valence-electron chi connectivity index (χ2n) is 4.84. The van der Waals surface area contributed by atoms with E-state index in [1.807, 2.05) is 0 Å². The van der Waals surface area contributed by atoms with E-state index in [0.717, 1.165) is 12.1 Å². The Labute approximate surface area is 98.8 Å². The van der Waals surface area contributed by atoms with Crippen LogP contribution in [0.3, 0.4) is 0 Å². The topological polar surface area (TPSA) is 12.0 Å². The van der Waals surface area contributed by atoms with Crippen LogP contribution in [0, 0.1) is 0 Å². The third-order valence-electron chi connectivity index (χ3n) is 3.68. The van der Waals surface area contributed by atoms with Crippen molar-refractivity contribution in [2.24, 2.45) is 0 Å². The lowest BCUT2D eigenvalue weighted by atomic mass is 9.91. The van der Waals surface area contributed by atoms with Crippen LogP contribution >= 0.6 is 17.0 Å². The van der Waals surface area contributed by atoms with Crippen molar-refractivity contribution in [3.8, 4) is 0 Å². The van der Waals surface area contributed by atoms with Crippen LogP contribution in [0.25, 0.3) is 0 Å². The highest BCUT2D eigenvalue weighted by Gasteiger charge is 2.19. The Morgan fingerprint density at radius 3 is 1.29 bits per heavy atom. The Hall–Kier alpha value is 0.440. The van der Waals surface area contributed by atoms with Crippen LogP contribution < -0.4 is 5.32 Å². The molecule has 0 saturated heterocycles. The van der Waals surface area contributed by atoms with Gasteiger partial charge in [0.05, 0.1) is 0 Å². The normalized spacial score (nSPS) is 25.7. The van der Waals surface area contributed by atoms with Crippen molar-refractivity contribution in [1.29, 1.82) is 0 Å². The largest absolute Gasteiger partial charge is 0.311 e. The highest BCUT2D eigenvalue weighted by Crippen LogP contribution is 2.22. The molecule has 0 bridgehead atoms. The van der Waals surface area contributed by atoms with Gasteiger partial charge in [0.15, 0.2) is 0 Å². The number of halogens is 1. The number of nitrogens with one attached hydrogen (secondary N) is 1. The minimum absolute atomic E-state index is 0. The fraction of sp³-hybridized carbons (Fsp3) is 1.00. The average Bonchev–Trinajstić information content (AvgIpc) is 2.21. The zero-order valence-corrected chi connectivity index (χ0v) is 10.8. The molecule has 0 aromatic rings. The van der Waals surface area contributed by atoms with Gasteiger partial charge in [-0.05, 0) is 25.7 Å². The maximum atomic E-state index is 3.86. The van der Waals surface area contributed by atoms with Gasteiger partial charge in [-0.3, -0.25) is 0 Å². The van der Waals surface area contributed by atoms with Gasteiger partial charge in [0, 0.05) is 12.1 Å². The summed E-state index contributed by atoms with van der Waals surface area (Å²) < 4.78 is 0. The van der Waals surface area contributed by atoms with Crippen LogP contribution in [0.1, 0.15) is 64.2 Å². The number of hydrogen-bond acceptors (Lipinski definition) is 1. The SMILES string of the molecule is Br.C1CCC(NC2CCCCC2)CC1. The predicted octanol–water partition coefficient (Wildman–Crippen LogP) is 3.82. The predicted molar refractivity (Wildman–Crippen MR) is 67.2 cm³/mol. The third-order valence-corrected chi connectivity index (χ3v) is 3.68. The molecule has 0 spiro atoms. The molecule has 0 radical (unpaired) electrons. The van der Waals surface area contributed by atoms with E-state index >= 15 is 0 Å². The van der Waals surface area contributed by atoms with E-state index in [1.54, 1.807) is 0 Å². The summed E-state index contributed by atoms with van der Waals surface area (Å²) in [7, 11) is 0. The molecule has 84 valence electrons. The molecule has 2 fully saturated rings. The van der Waals surface area contributed by atoms with Crippen LogP contribution in [0.15, 0.2) is 0 Å². The molecule has 2 heteroatoms. The Bertz CT molecular complexity index is 121. The summed E-state index contributed by atoms with van der Waals surface area (Å²) in [4.78, 5) is 0. The van der Waals surface area contributed by atoms with Crippen LogP contribution in [0.2, 0.25) is 0 Å². The van der Waals surface area contributed by atoms with Gasteiger partial charge in [-0.2, -0.15) is 0 Å². The minimum atomic E-state index is 0. The molecular weight excluding hydrogens is 238 g/mol. The molecule has 0 atom stereocenters. The van der Waals surface area contributed by atoms with Gasteiger partial charge in [0.25, 0.3) is 0 Å². The Morgan fingerprint density at radius 1 is 0.571 bits per heavy atom. The maximum Gasteiger partial charge on any atom is 0.00696 e. The molecular formula is C12H24BrN. The summed E-state index contributed by atoms with van der Waals surface area (Å²) in [5.41, 5.74) is 0. The van der Waals surface area contributed by atoms with Gasteiger partial charge < -0.3 is 5.32 Å². The van der Waals surface area contributed by atoms with Crippen LogP contribution in [-0.2, 0) is 0 Å². The van der Waals surface area contributed by atoms with E-state index < -0.39 is 0 Å². The second-order valence-corrected chi connectivity index (χ2v) is 4.84. The van der Waals surface area contributed by atoms with E-state index in [4.69, 9.17) is 0 Å². The quantitative estimate of drug-likeness (QED) is 0.797. The molecule has 0 amide bonds. The molecule has 0 aromatic heterocycles. The first-order valence-electron chi connectivity index (χ1n) is 6.21. The van der Waals surface area contributed by atoms with Gasteiger partial charge in [0.2, 0.25) is 0 Å². The first-order chi connectivity index (χ1) is 6.45. The van der Waals surface area contributed by atoms with E-state index in [9.17, 15) is 0 Å². The van der Waals surface area contributed by atoms with E-state index in [0.29, 0.717) is 0 Å². The van der Waals surface area contributed by atoms with Gasteiger partial charge in [-0.25, -0.2) is 0 Å². The highest BCUT2D eigenvalue weighted by atomic mass is 79.9. The zero-order chi connectivity index (χ0) is 8.93. The standard InChI is InChI=1S/C12H23N.BrH/c1-3-7-11(8-4-1)13-12-9-5-2-6-10-12;/h11-13H,1-10H2;1H. The van der Waals surface area contributed by atoms with E-state index in [1.165, 1.54) is 64.2 Å². The molecule has 2 aliphatic carbocycles. The first-order valence-corrected chi connectivity index (χ1v) is 6.21. The van der Waals surface area contributed by atoms with Gasteiger partial charge in [-0.15, -0.1) is 17.0 Å². The van der Waals surface area contributed by atoms with Crippen LogP contribution in [0.5, 0.6) is 0 Å². The maximum absolute atomic E-state index is 3.86. The smallest absolute Gasteiger partial charge is 0.00696 e. The van der Waals surface area contributed by atoms with Crippen molar-refractivity contribution in [1.82, 2.24) is 5.32 Å². The molecule has 0 heterocycles. The molecule has 14 heavy (non-hydrogen) atoms. The monoisotopic (exact) mass is 261 g/mol. The molecule has 2 saturated carbocycles. The molecule has 1 nitrogen and oxygen atoms in total. The third kappa shape index (κ3) is 3.90. The summed E-state index contributed by atoms with van der Waals surface area (Å²) >= 11 is 0. The first kappa shape index (κ1) is 12.5. The fourth-order valence-corrected chi connectivity index (χ4v) is 2.87. The number of hydrogen-bond donors (Lipinski definition) is 1. The second kappa shape index (κ2) is 6.84. The van der Waals surface area contributed by atoms with Gasteiger partial charge in [0.1, 0.15) is 0 Å². The van der Waals surface area contributed by atoms with Crippen molar-refractivity contribution < 1.29 is 0 Å². The van der Waals surface area contributed by atoms with Crippen molar-refractivity contribution >= 4 is 17.0 Å². The van der Waals surface area contributed by atoms with E-state index in [2.05, 4.69) is 5.32 Å². The lowest BCUT2D eigenvalue weighted by Gasteiger charge is -2.30. The lowest BCUT2D eigenvalue weighted by Crippen LogP contribution is -2.40. The van der Waals surface area contributed by atoms with Crippen LogP contribution in [0.4, 0.5) is 0 Å². The Morgan fingerprint density at radius 2 is 0.929 bits per heavy atom. The summed E-state index contributed by atoms with van der Waals surface area (Å²) in [5, 5.41) is 3.86. The summed E-state index contributed by atoms with van der Waals surface area (Å²) in [5.74, 6) is 0. The summed E-state index contributed by atoms with van der Waals surface area (Å²) in [6.07, 6.45) is 14.6. The van der Waals surface area contributed by atoms with E-state index in [-0.39, 0.29) is 17.0 Å². The van der Waals surface area contributed by atoms with Crippen molar-refractivity contribution in [2.75, 3.05) is 0 Å². The van der Waals surface area contributed by atoms with Gasteiger partial charge in [-0.1, -0.05) is 38.5 Å². The molecule has 0 aromatic carbocycles. The molecule has 0 aliphatic heterocycles. The lowest BCUT2D eigenvalue weighted by molar-refractivity contribution is 0.291. The Kier molecular flexibility index (Phi) is 6.11. The molecule has 2 rings (SSSR count). The average molecular weight is 262 g/mol. The van der Waals surface area contributed by atoms with Crippen molar-refractivity contribution in [3.63, 3.8) is 0 Å². The minimum Gasteiger partial charge on any atom is -0.311 e. The van der Waals surface area contributed by atoms with Gasteiger partial charge >= 0.3 is 0 Å². The zero-order valence-electron chi connectivity index (χ0n) is 9.13. The van der Waals surface area contributed by atoms with Crippen molar-refractivity contribution in [2.45, 2.75) is 76.3 Å². The summed E-state index contributed by atoms with van der Waals surface area (Å²) in [6, 6.07) is 1.74. The summed E-state index contributed by atoms with van der Waals surface area (Å²) in [6.45, 7) is 0. The molecule has 0 unspecified atom stereocenters. The van der Waals surface area contributed by atoms with Crippen molar-refractivity contribution in [3.05, 3.63) is 0 Å². The van der Waals surface area contributed by atoms with Crippen LogP contribution in [-0.4, -0.2) is 12.1 Å². The molecule has 1 N–H and O–H groups in total. The fourth-order valence-electron chi connectivity index (χ4n) is 2.87.